The molecule has 18 nitrogen and oxygen atoms in total. The molecule has 1 aromatic rings. The van der Waals surface area contributed by atoms with Crippen molar-refractivity contribution in [2.75, 3.05) is 13.7 Å². The van der Waals surface area contributed by atoms with Crippen LogP contribution in [-0.2, 0) is 49.2 Å². The Morgan fingerprint density at radius 3 is 2.02 bits per heavy atom. The summed E-state index contributed by atoms with van der Waals surface area (Å²) in [5.74, 6) is -5.10. The van der Waals surface area contributed by atoms with E-state index in [2.05, 4.69) is 52.7 Å². The zero-order chi connectivity index (χ0) is 48.4. The summed E-state index contributed by atoms with van der Waals surface area (Å²) in [6.45, 7) is 17.4. The molecule has 3 saturated carbocycles. The number of hydrogen-bond donors (Lipinski definition) is 9. The van der Waals surface area contributed by atoms with Crippen LogP contribution in [0.15, 0.2) is 30.3 Å². The van der Waals surface area contributed by atoms with Gasteiger partial charge in [0.1, 0.15) is 30.5 Å². The maximum absolute atomic E-state index is 14.2. The third-order valence-electron chi connectivity index (χ3n) is 13.5. The highest BCUT2D eigenvalue weighted by molar-refractivity contribution is 6.48. The number of ether oxygens (including phenoxy) is 1. The first-order valence-electron chi connectivity index (χ1n) is 23.3. The third-order valence-corrected chi connectivity index (χ3v) is 13.5. The van der Waals surface area contributed by atoms with Crippen LogP contribution in [0.2, 0.25) is 0 Å². The van der Waals surface area contributed by atoms with Gasteiger partial charge < -0.3 is 57.2 Å². The van der Waals surface area contributed by atoms with Crippen LogP contribution in [0, 0.1) is 35.0 Å². The molecule has 0 unspecified atom stereocenters. The maximum atomic E-state index is 14.2. The van der Waals surface area contributed by atoms with E-state index >= 15 is 0 Å². The molecule has 5 amide bonds. The Balaban J connectivity index is 1.45. The zero-order valence-corrected chi connectivity index (χ0v) is 40.1. The number of nitrogens with two attached hydrogens (primary N) is 2. The second kappa shape index (κ2) is 23.5. The second-order valence-electron chi connectivity index (χ2n) is 20.1. The highest BCUT2D eigenvalue weighted by Gasteiger charge is 2.68. The Labute approximate surface area is 385 Å². The summed E-state index contributed by atoms with van der Waals surface area (Å²) in [6.07, 6.45) is 0.477. The predicted molar refractivity (Wildman–Crippen MR) is 246 cm³/mol. The molecule has 11 N–H and O–H groups in total. The Bertz CT molecular complexity index is 1790. The molecule has 4 fully saturated rings. The van der Waals surface area contributed by atoms with Crippen LogP contribution in [0.3, 0.4) is 0 Å². The second-order valence-corrected chi connectivity index (χ2v) is 20.1. The molecule has 1 heterocycles. The Hall–Kier alpha value is -4.14. The average Bonchev–Trinajstić information content (AvgIpc) is 3.59. The van der Waals surface area contributed by atoms with Gasteiger partial charge in [-0.25, -0.2) is 4.79 Å². The molecule has 1 aromatic carbocycles. The van der Waals surface area contributed by atoms with Gasteiger partial charge in [0.15, 0.2) is 0 Å². The summed E-state index contributed by atoms with van der Waals surface area (Å²) in [7, 11) is 0.458. The first kappa shape index (κ1) is 53.5. The van der Waals surface area contributed by atoms with Crippen molar-refractivity contribution in [1.82, 2.24) is 31.9 Å². The molecule has 0 radical (unpaired) electrons. The number of aliphatic hydroxyl groups is 1. The maximum Gasteiger partial charge on any atom is 0.482 e. The lowest BCUT2D eigenvalue weighted by Crippen LogP contribution is -2.65. The number of aliphatic hydroxyl groups excluding tert-OH is 1. The van der Waals surface area contributed by atoms with E-state index in [1.54, 1.807) is 6.92 Å². The van der Waals surface area contributed by atoms with Crippen LogP contribution in [0.1, 0.15) is 113 Å². The lowest BCUT2D eigenvalue weighted by atomic mass is 9.43. The van der Waals surface area contributed by atoms with E-state index in [1.165, 1.54) is 14.0 Å². The third kappa shape index (κ3) is 14.4. The fraction of sp³-hybridized carbons (Fsp3) is 0.739. The SMILES string of the molecule is COC(=O)[C@H](CCCNC(N)N)NC(=O)[C@H](CC(C)C)NC(=O)[C@@H](O)[C@H](CC(C)C)C(=O)N[C@@H](C)C[C@H](NC(C)=O)C(=O)N[C@@H](Cc1ccccc1)B1O[C@@H]2C[C@@H]3C[C@@H](C3(C)C)[C@]2(C)O1. The highest BCUT2D eigenvalue weighted by atomic mass is 16.7. The standard InChI is InChI=1S/C46H77BN8O10/c1-25(2)19-31(38(57)42(61)54-33(20-26(3)4)40(59)53-32(43(62)63-10)17-14-18-50-44(48)49)39(58)51-27(5)21-34(52-28(6)56)41(60)55-37(22-29-15-12-11-13-16-29)47-64-36-24-30-23-35(45(30,7)8)46(36,9)65-47/h11-13,15-16,25-27,30-38,44,50,57H,14,17-24,48-49H2,1-10H3,(H,51,58)(H,52,56)(H,53,59)(H,54,61)(H,55,60)/t27-,30-,31-,32-,33-,34-,35-,36+,37-,38-,46-/m0/s1. The van der Waals surface area contributed by atoms with E-state index in [1.807, 2.05) is 58.0 Å². The number of nitrogens with one attached hydrogen (secondary N) is 6. The quantitative estimate of drug-likeness (QED) is 0.0289. The van der Waals surface area contributed by atoms with E-state index in [9.17, 15) is 33.9 Å². The smallest absolute Gasteiger partial charge is 0.467 e. The number of carbonyl (C=O) groups is 6. The number of rotatable bonds is 25. The van der Waals surface area contributed by atoms with Gasteiger partial charge in [-0.2, -0.15) is 0 Å². The fourth-order valence-electron chi connectivity index (χ4n) is 9.95. The molecule has 2 bridgehead atoms. The van der Waals surface area contributed by atoms with Crippen LogP contribution >= 0.6 is 0 Å². The molecule has 0 aromatic heterocycles. The Morgan fingerprint density at radius 2 is 1.43 bits per heavy atom. The molecule has 1 aliphatic heterocycles. The predicted octanol–water partition coefficient (Wildman–Crippen LogP) is 1.16. The van der Waals surface area contributed by atoms with Crippen molar-refractivity contribution in [2.45, 2.75) is 168 Å². The van der Waals surface area contributed by atoms with Gasteiger partial charge >= 0.3 is 13.1 Å². The minimum atomic E-state index is -1.86. The molecular weight excluding hydrogens is 835 g/mol. The lowest BCUT2D eigenvalue weighted by Gasteiger charge is -2.64. The van der Waals surface area contributed by atoms with Crippen LogP contribution in [0.25, 0.3) is 0 Å². The summed E-state index contributed by atoms with van der Waals surface area (Å²) in [5, 5.41) is 28.3. The van der Waals surface area contributed by atoms with Gasteiger partial charge in [-0.05, 0) is 106 Å². The summed E-state index contributed by atoms with van der Waals surface area (Å²) >= 11 is 0. The van der Waals surface area contributed by atoms with Crippen molar-refractivity contribution >= 4 is 42.6 Å². The van der Waals surface area contributed by atoms with Gasteiger partial charge in [0, 0.05) is 13.0 Å². The van der Waals surface area contributed by atoms with Crippen molar-refractivity contribution in [3.05, 3.63) is 35.9 Å². The summed E-state index contributed by atoms with van der Waals surface area (Å²) in [5.41, 5.74) is 11.6. The highest BCUT2D eigenvalue weighted by Crippen LogP contribution is 2.65. The van der Waals surface area contributed by atoms with Crippen molar-refractivity contribution in [3.8, 4) is 0 Å². The van der Waals surface area contributed by atoms with Crippen LogP contribution in [0.5, 0.6) is 0 Å². The van der Waals surface area contributed by atoms with E-state index in [0.29, 0.717) is 31.2 Å². The number of carbonyl (C=O) groups excluding carboxylic acids is 6. The number of benzene rings is 1. The molecule has 1 saturated heterocycles. The topological polar surface area (TPSA) is 275 Å². The molecule has 11 atom stereocenters. The summed E-state index contributed by atoms with van der Waals surface area (Å²) in [6, 6.07) is 5.71. The van der Waals surface area contributed by atoms with Crippen molar-refractivity contribution in [2.24, 2.45) is 46.5 Å². The Morgan fingerprint density at radius 1 is 0.815 bits per heavy atom. The molecular formula is C46H77BN8O10. The monoisotopic (exact) mass is 913 g/mol. The molecule has 65 heavy (non-hydrogen) atoms. The molecule has 364 valence electrons. The van der Waals surface area contributed by atoms with Crippen LogP contribution in [-0.4, -0.2) is 116 Å². The fourth-order valence-corrected chi connectivity index (χ4v) is 9.95. The lowest BCUT2D eigenvalue weighted by molar-refractivity contribution is -0.199. The normalized spacial score (nSPS) is 24.1. The van der Waals surface area contributed by atoms with Crippen LogP contribution < -0.4 is 43.4 Å². The van der Waals surface area contributed by atoms with E-state index in [4.69, 9.17) is 25.5 Å². The van der Waals surface area contributed by atoms with Crippen LogP contribution in [0.4, 0.5) is 0 Å². The average molecular weight is 913 g/mol. The molecule has 0 spiro atoms. The number of hydrogen-bond acceptors (Lipinski definition) is 13. The first-order valence-corrected chi connectivity index (χ1v) is 23.3. The van der Waals surface area contributed by atoms with Crippen molar-refractivity contribution < 1.29 is 47.9 Å². The summed E-state index contributed by atoms with van der Waals surface area (Å²) in [4.78, 5) is 80.6. The number of esters is 1. The van der Waals surface area contributed by atoms with E-state index < -0.39 is 96.6 Å². The minimum absolute atomic E-state index is 0.0242. The van der Waals surface area contributed by atoms with Gasteiger partial charge in [0.05, 0.1) is 30.7 Å². The van der Waals surface area contributed by atoms with Gasteiger partial charge in [0.2, 0.25) is 29.5 Å². The minimum Gasteiger partial charge on any atom is -0.467 e. The Kier molecular flexibility index (Phi) is 19.4. The van der Waals surface area contributed by atoms with Gasteiger partial charge in [0.25, 0.3) is 0 Å². The van der Waals surface area contributed by atoms with Gasteiger partial charge in [-0.1, -0.05) is 71.9 Å². The molecule has 3 aliphatic carbocycles. The molecule has 19 heteroatoms. The van der Waals surface area contributed by atoms with Crippen molar-refractivity contribution in [3.63, 3.8) is 0 Å². The molecule has 4 aliphatic rings. The summed E-state index contributed by atoms with van der Waals surface area (Å²) < 4.78 is 18.3. The zero-order valence-electron chi connectivity index (χ0n) is 40.1. The largest absolute Gasteiger partial charge is 0.482 e. The van der Waals surface area contributed by atoms with Crippen molar-refractivity contribution in [1.29, 1.82) is 0 Å². The molecule has 5 rings (SSSR count). The number of methoxy groups -OCH3 is 1. The van der Waals surface area contributed by atoms with E-state index in [0.717, 1.165) is 18.4 Å². The number of amides is 5. The van der Waals surface area contributed by atoms with E-state index in [-0.39, 0.29) is 49.0 Å². The van der Waals surface area contributed by atoms with Gasteiger partial charge in [-0.15, -0.1) is 0 Å². The first-order chi connectivity index (χ1) is 30.5. The van der Waals surface area contributed by atoms with Gasteiger partial charge in [-0.3, -0.25) is 29.3 Å².